The lowest BCUT2D eigenvalue weighted by molar-refractivity contribution is -0.138. The third-order valence-electron chi connectivity index (χ3n) is 3.76. The van der Waals surface area contributed by atoms with Crippen LogP contribution in [0.3, 0.4) is 0 Å². The van der Waals surface area contributed by atoms with E-state index in [9.17, 15) is 9.90 Å². The third kappa shape index (κ3) is 2.15. The zero-order valence-corrected chi connectivity index (χ0v) is 12.0. The Hall–Kier alpha value is -3.17. The van der Waals surface area contributed by atoms with Gasteiger partial charge in [0.05, 0.1) is 6.26 Å². The molecular formula is C13H13N7O3. The minimum absolute atomic E-state index is 0.0892. The highest BCUT2D eigenvalue weighted by Crippen LogP contribution is 2.24. The third-order valence-corrected chi connectivity index (χ3v) is 3.76. The first-order valence-corrected chi connectivity index (χ1v) is 7.07. The van der Waals surface area contributed by atoms with E-state index >= 15 is 0 Å². The van der Waals surface area contributed by atoms with Crippen LogP contribution < -0.4 is 10.6 Å². The number of rotatable bonds is 3. The summed E-state index contributed by atoms with van der Waals surface area (Å²) in [5, 5.41) is 13.5. The number of aliphatic carboxylic acids is 1. The molecule has 1 atom stereocenters. The zero-order chi connectivity index (χ0) is 16.0. The number of carboxylic acid groups (broad SMARTS) is 1. The summed E-state index contributed by atoms with van der Waals surface area (Å²) in [5.41, 5.74) is 5.92. The molecule has 0 aliphatic carbocycles. The van der Waals surface area contributed by atoms with Crippen molar-refractivity contribution in [2.75, 3.05) is 17.2 Å². The van der Waals surface area contributed by atoms with Crippen molar-refractivity contribution >= 4 is 23.6 Å². The number of hydrogen-bond acceptors (Lipinski definition) is 8. The van der Waals surface area contributed by atoms with Crippen LogP contribution in [-0.4, -0.2) is 48.2 Å². The maximum Gasteiger partial charge on any atom is 0.326 e. The highest BCUT2D eigenvalue weighted by molar-refractivity contribution is 5.78. The molecule has 0 aromatic carbocycles. The van der Waals surface area contributed by atoms with Gasteiger partial charge in [0.15, 0.2) is 5.76 Å². The summed E-state index contributed by atoms with van der Waals surface area (Å²) in [6, 6.07) is 2.80. The summed E-state index contributed by atoms with van der Waals surface area (Å²) in [4.78, 5) is 25.7. The zero-order valence-electron chi connectivity index (χ0n) is 12.0. The molecule has 3 aromatic rings. The van der Waals surface area contributed by atoms with Crippen molar-refractivity contribution in [2.24, 2.45) is 0 Å². The molecule has 1 aliphatic heterocycles. The molecule has 10 nitrogen and oxygen atoms in total. The lowest BCUT2D eigenvalue weighted by atomic mass is 10.2. The first-order chi connectivity index (χ1) is 11.1. The molecule has 118 valence electrons. The van der Waals surface area contributed by atoms with Gasteiger partial charge in [-0.2, -0.15) is 19.5 Å². The van der Waals surface area contributed by atoms with Crippen LogP contribution in [0.5, 0.6) is 0 Å². The van der Waals surface area contributed by atoms with E-state index in [-0.39, 0.29) is 17.7 Å². The largest absolute Gasteiger partial charge is 0.480 e. The Morgan fingerprint density at radius 1 is 1.39 bits per heavy atom. The number of fused-ring (bicyclic) bond motifs is 1. The number of aromatic nitrogens is 5. The number of nitrogens with two attached hydrogens (primary N) is 1. The Morgan fingerprint density at radius 3 is 3.00 bits per heavy atom. The van der Waals surface area contributed by atoms with Crippen LogP contribution >= 0.6 is 0 Å². The molecule has 0 radical (unpaired) electrons. The van der Waals surface area contributed by atoms with Crippen LogP contribution in [0.1, 0.15) is 12.8 Å². The maximum absolute atomic E-state index is 11.3. The molecule has 1 fully saturated rings. The standard InChI is InChI=1S/C13H13N7O3/c14-11-16-12(19-5-1-3-7(19)10(21)22)17-13-15-9(18-20(11)13)8-4-2-6-23-8/h2,4,6-7H,1,3,5H2,(H,21,22)(H2,14,15,16,17,18)/t7-/m0/s1. The van der Waals surface area contributed by atoms with Crippen LogP contribution in [0, 0.1) is 0 Å². The summed E-state index contributed by atoms with van der Waals surface area (Å²) in [5.74, 6) is 0.507. The lowest BCUT2D eigenvalue weighted by Gasteiger charge is -2.21. The van der Waals surface area contributed by atoms with Crippen LogP contribution in [0.2, 0.25) is 0 Å². The number of anilines is 2. The fraction of sp³-hybridized carbons (Fsp3) is 0.308. The van der Waals surface area contributed by atoms with E-state index in [2.05, 4.69) is 20.1 Å². The van der Waals surface area contributed by atoms with Crippen molar-refractivity contribution < 1.29 is 14.3 Å². The average Bonchev–Trinajstić information content (AvgIpc) is 3.25. The van der Waals surface area contributed by atoms with Gasteiger partial charge < -0.3 is 20.2 Å². The van der Waals surface area contributed by atoms with Crippen molar-refractivity contribution in [3.8, 4) is 11.6 Å². The molecule has 0 unspecified atom stereocenters. The smallest absolute Gasteiger partial charge is 0.326 e. The quantitative estimate of drug-likeness (QED) is 0.704. The number of carbonyl (C=O) groups is 1. The summed E-state index contributed by atoms with van der Waals surface area (Å²) in [7, 11) is 0. The Kier molecular flexibility index (Phi) is 2.89. The Morgan fingerprint density at radius 2 is 2.26 bits per heavy atom. The van der Waals surface area contributed by atoms with E-state index in [1.807, 2.05) is 0 Å². The van der Waals surface area contributed by atoms with E-state index in [0.717, 1.165) is 6.42 Å². The molecule has 3 aromatic heterocycles. The van der Waals surface area contributed by atoms with Crippen LogP contribution in [0.15, 0.2) is 22.8 Å². The molecule has 23 heavy (non-hydrogen) atoms. The first kappa shape index (κ1) is 13.5. The molecule has 3 N–H and O–H groups in total. The molecular weight excluding hydrogens is 302 g/mol. The molecule has 4 heterocycles. The highest BCUT2D eigenvalue weighted by Gasteiger charge is 2.33. The van der Waals surface area contributed by atoms with Gasteiger partial charge >= 0.3 is 5.97 Å². The molecule has 4 rings (SSSR count). The van der Waals surface area contributed by atoms with Crippen molar-refractivity contribution in [3.63, 3.8) is 0 Å². The summed E-state index contributed by atoms with van der Waals surface area (Å²) < 4.78 is 6.55. The summed E-state index contributed by atoms with van der Waals surface area (Å²) in [6.45, 7) is 0.561. The van der Waals surface area contributed by atoms with Crippen LogP contribution in [0.4, 0.5) is 11.9 Å². The fourth-order valence-corrected chi connectivity index (χ4v) is 2.70. The predicted octanol–water partition coefficient (Wildman–Crippen LogP) is 0.415. The van der Waals surface area contributed by atoms with Crippen LogP contribution in [0.25, 0.3) is 17.4 Å². The van der Waals surface area contributed by atoms with Gasteiger partial charge in [0, 0.05) is 6.54 Å². The van der Waals surface area contributed by atoms with Crippen molar-refractivity contribution in [2.45, 2.75) is 18.9 Å². The van der Waals surface area contributed by atoms with Crippen LogP contribution in [-0.2, 0) is 4.79 Å². The number of hydrogen-bond donors (Lipinski definition) is 2. The molecule has 0 spiro atoms. The van der Waals surface area contributed by atoms with Gasteiger partial charge in [0.2, 0.25) is 17.7 Å². The second-order valence-corrected chi connectivity index (χ2v) is 5.20. The first-order valence-electron chi connectivity index (χ1n) is 7.07. The summed E-state index contributed by atoms with van der Waals surface area (Å²) >= 11 is 0. The van der Waals surface area contributed by atoms with Gasteiger partial charge in [-0.25, -0.2) is 4.79 Å². The Bertz CT molecular complexity index is 873. The van der Waals surface area contributed by atoms with Gasteiger partial charge in [-0.1, -0.05) is 0 Å². The number of nitrogens with zero attached hydrogens (tertiary/aromatic N) is 6. The number of furan rings is 1. The normalized spacial score (nSPS) is 17.9. The van der Waals surface area contributed by atoms with Gasteiger partial charge in [-0.05, 0) is 25.0 Å². The second kappa shape index (κ2) is 4.93. The van der Waals surface area contributed by atoms with Crippen molar-refractivity contribution in [1.29, 1.82) is 0 Å². The van der Waals surface area contributed by atoms with Crippen molar-refractivity contribution in [1.82, 2.24) is 24.6 Å². The SMILES string of the molecule is Nc1nc(N2CCC[C@H]2C(=O)O)nc2nc(-c3ccco3)nn12. The maximum atomic E-state index is 11.3. The van der Waals surface area contributed by atoms with E-state index in [1.54, 1.807) is 17.0 Å². The molecule has 0 saturated carbocycles. The molecule has 10 heteroatoms. The number of carboxylic acids is 1. The minimum Gasteiger partial charge on any atom is -0.480 e. The average molecular weight is 315 g/mol. The number of nitrogen functional groups attached to an aromatic ring is 1. The monoisotopic (exact) mass is 315 g/mol. The van der Waals surface area contributed by atoms with E-state index in [4.69, 9.17) is 10.2 Å². The van der Waals surface area contributed by atoms with Gasteiger partial charge in [0.1, 0.15) is 6.04 Å². The summed E-state index contributed by atoms with van der Waals surface area (Å²) in [6.07, 6.45) is 2.83. The van der Waals surface area contributed by atoms with Gasteiger partial charge in [0.25, 0.3) is 5.78 Å². The van der Waals surface area contributed by atoms with E-state index in [1.165, 1.54) is 10.8 Å². The second-order valence-electron chi connectivity index (χ2n) is 5.20. The molecule has 1 saturated heterocycles. The molecule has 0 amide bonds. The van der Waals surface area contributed by atoms with Crippen molar-refractivity contribution in [3.05, 3.63) is 18.4 Å². The van der Waals surface area contributed by atoms with Gasteiger partial charge in [-0.3, -0.25) is 0 Å². The van der Waals surface area contributed by atoms with E-state index in [0.29, 0.717) is 24.6 Å². The highest BCUT2D eigenvalue weighted by atomic mass is 16.4. The molecule has 1 aliphatic rings. The lowest BCUT2D eigenvalue weighted by Crippen LogP contribution is -2.37. The Balaban J connectivity index is 1.79. The minimum atomic E-state index is -0.901. The topological polar surface area (TPSA) is 136 Å². The van der Waals surface area contributed by atoms with Gasteiger partial charge in [-0.15, -0.1) is 5.10 Å². The predicted molar refractivity (Wildman–Crippen MR) is 78.7 cm³/mol. The molecule has 0 bridgehead atoms. The Labute approximate surface area is 129 Å². The van der Waals surface area contributed by atoms with E-state index < -0.39 is 12.0 Å². The fourth-order valence-electron chi connectivity index (χ4n) is 2.70.